The van der Waals surface area contributed by atoms with Crippen LogP contribution in [0.4, 0.5) is 5.13 Å². The van der Waals surface area contributed by atoms with Crippen molar-refractivity contribution in [2.24, 2.45) is 5.92 Å². The predicted molar refractivity (Wildman–Crippen MR) is 81.7 cm³/mol. The third kappa shape index (κ3) is 4.18. The lowest BCUT2D eigenvalue weighted by Crippen LogP contribution is -2.28. The Morgan fingerprint density at radius 2 is 2.05 bits per heavy atom. The summed E-state index contributed by atoms with van der Waals surface area (Å²) in [6, 6.07) is 0. The maximum Gasteiger partial charge on any atom is 0.347 e. The first-order valence-corrected chi connectivity index (χ1v) is 7.85. The average Bonchev–Trinajstić information content (AvgIpc) is 2.85. The lowest BCUT2D eigenvalue weighted by Gasteiger charge is -2.24. The van der Waals surface area contributed by atoms with Crippen LogP contribution in [-0.4, -0.2) is 36.3 Å². The van der Waals surface area contributed by atoms with Crippen LogP contribution in [0.5, 0.6) is 0 Å². The second-order valence-electron chi connectivity index (χ2n) is 4.73. The molecule has 0 fully saturated rings. The Morgan fingerprint density at radius 3 is 2.50 bits per heavy atom. The number of carboxylic acid groups (broad SMARTS) is 1. The molecule has 1 aromatic rings. The van der Waals surface area contributed by atoms with Gasteiger partial charge in [-0.2, -0.15) is 0 Å². The van der Waals surface area contributed by atoms with Gasteiger partial charge in [-0.3, -0.25) is 0 Å². The maximum absolute atomic E-state index is 11.3. The zero-order chi connectivity index (χ0) is 15.1. The van der Waals surface area contributed by atoms with E-state index in [1.807, 2.05) is 0 Å². The molecule has 0 atom stereocenters. The molecule has 1 heterocycles. The summed E-state index contributed by atoms with van der Waals surface area (Å²) < 4.78 is 5.03. The van der Waals surface area contributed by atoms with Crippen molar-refractivity contribution in [3.8, 4) is 0 Å². The van der Waals surface area contributed by atoms with E-state index >= 15 is 0 Å². The molecule has 0 unspecified atom stereocenters. The van der Waals surface area contributed by atoms with Gasteiger partial charge in [0.15, 0.2) is 5.13 Å². The fraction of sp³-hybridized carbons (Fsp3) is 0.714. The number of carbonyl (C=O) groups is 1. The molecule has 20 heavy (non-hydrogen) atoms. The summed E-state index contributed by atoms with van der Waals surface area (Å²) in [6.45, 7) is 8.42. The Balaban J connectivity index is 2.97. The molecular formula is C14H24N2O3S. The number of aromatic nitrogens is 1. The van der Waals surface area contributed by atoms with Crippen molar-refractivity contribution in [2.45, 2.75) is 40.2 Å². The topological polar surface area (TPSA) is 62.7 Å². The SMILES string of the molecule is CCC(CC)CN(CC)c1nc(COC)c(C(=O)O)s1. The molecule has 0 radical (unpaired) electrons. The second kappa shape index (κ2) is 8.21. The van der Waals surface area contributed by atoms with Crippen LogP contribution in [0, 0.1) is 5.92 Å². The summed E-state index contributed by atoms with van der Waals surface area (Å²) in [5.74, 6) is -0.322. The molecule has 0 saturated heterocycles. The third-order valence-electron chi connectivity index (χ3n) is 3.45. The fourth-order valence-corrected chi connectivity index (χ4v) is 3.06. The molecule has 0 amide bonds. The number of hydrogen-bond donors (Lipinski definition) is 1. The third-order valence-corrected chi connectivity index (χ3v) is 4.59. The van der Waals surface area contributed by atoms with Gasteiger partial charge in [0.25, 0.3) is 0 Å². The van der Waals surface area contributed by atoms with Crippen LogP contribution < -0.4 is 4.90 Å². The molecule has 0 aliphatic carbocycles. The van der Waals surface area contributed by atoms with Gasteiger partial charge in [-0.25, -0.2) is 9.78 Å². The lowest BCUT2D eigenvalue weighted by atomic mass is 10.0. The van der Waals surface area contributed by atoms with E-state index in [0.717, 1.165) is 31.1 Å². The highest BCUT2D eigenvalue weighted by atomic mass is 32.1. The van der Waals surface area contributed by atoms with Gasteiger partial charge < -0.3 is 14.7 Å². The van der Waals surface area contributed by atoms with Gasteiger partial charge in [0.2, 0.25) is 0 Å². The zero-order valence-electron chi connectivity index (χ0n) is 12.7. The van der Waals surface area contributed by atoms with E-state index in [4.69, 9.17) is 4.74 Å². The van der Waals surface area contributed by atoms with Crippen molar-refractivity contribution in [3.05, 3.63) is 10.6 Å². The predicted octanol–water partition coefficient (Wildman–Crippen LogP) is 3.25. The van der Waals surface area contributed by atoms with Gasteiger partial charge in [-0.15, -0.1) is 0 Å². The molecule has 0 spiro atoms. The minimum atomic E-state index is -0.931. The smallest absolute Gasteiger partial charge is 0.347 e. The van der Waals surface area contributed by atoms with Crippen molar-refractivity contribution >= 4 is 22.4 Å². The Labute approximate surface area is 124 Å². The quantitative estimate of drug-likeness (QED) is 0.758. The molecule has 1 aromatic heterocycles. The first-order valence-electron chi connectivity index (χ1n) is 7.04. The van der Waals surface area contributed by atoms with Gasteiger partial charge in [0, 0.05) is 20.2 Å². The number of hydrogen-bond acceptors (Lipinski definition) is 5. The number of carboxylic acids is 1. The summed E-state index contributed by atoms with van der Waals surface area (Å²) in [5, 5.41) is 10.0. The van der Waals surface area contributed by atoms with Crippen LogP contribution in [0.1, 0.15) is 49.0 Å². The van der Waals surface area contributed by atoms with Crippen molar-refractivity contribution in [2.75, 3.05) is 25.1 Å². The minimum Gasteiger partial charge on any atom is -0.477 e. The highest BCUT2D eigenvalue weighted by Crippen LogP contribution is 2.28. The number of rotatable bonds is 9. The first-order chi connectivity index (χ1) is 9.57. The average molecular weight is 300 g/mol. The van der Waals surface area contributed by atoms with Crippen LogP contribution in [0.25, 0.3) is 0 Å². The maximum atomic E-state index is 11.3. The number of thiazole rings is 1. The summed E-state index contributed by atoms with van der Waals surface area (Å²) in [7, 11) is 1.55. The van der Waals surface area contributed by atoms with Gasteiger partial charge in [-0.05, 0) is 12.8 Å². The first kappa shape index (κ1) is 16.9. The summed E-state index contributed by atoms with van der Waals surface area (Å²) in [6.07, 6.45) is 2.24. The van der Waals surface area contributed by atoms with E-state index < -0.39 is 5.97 Å². The Kier molecular flexibility index (Phi) is 6.95. The molecule has 0 aromatic carbocycles. The molecule has 0 aliphatic rings. The molecule has 1 rings (SSSR count). The summed E-state index contributed by atoms with van der Waals surface area (Å²) in [4.78, 5) is 18.1. The van der Waals surface area contributed by atoms with Gasteiger partial charge in [0.05, 0.1) is 12.3 Å². The highest BCUT2D eigenvalue weighted by molar-refractivity contribution is 7.17. The fourth-order valence-electron chi connectivity index (χ4n) is 2.08. The van der Waals surface area contributed by atoms with Crippen LogP contribution in [-0.2, 0) is 11.3 Å². The molecule has 5 nitrogen and oxygen atoms in total. The van der Waals surface area contributed by atoms with Crippen LogP contribution >= 0.6 is 11.3 Å². The normalized spacial score (nSPS) is 11.1. The van der Waals surface area contributed by atoms with E-state index in [1.165, 1.54) is 11.3 Å². The van der Waals surface area contributed by atoms with Crippen molar-refractivity contribution in [1.29, 1.82) is 0 Å². The largest absolute Gasteiger partial charge is 0.477 e. The molecular weight excluding hydrogens is 276 g/mol. The molecule has 1 N–H and O–H groups in total. The van der Waals surface area contributed by atoms with Crippen LogP contribution in [0.15, 0.2) is 0 Å². The number of ether oxygens (including phenoxy) is 1. The second-order valence-corrected chi connectivity index (χ2v) is 5.71. The van der Waals surface area contributed by atoms with Gasteiger partial charge in [0.1, 0.15) is 4.88 Å². The number of methoxy groups -OCH3 is 1. The van der Waals surface area contributed by atoms with E-state index in [1.54, 1.807) is 7.11 Å². The lowest BCUT2D eigenvalue weighted by molar-refractivity contribution is 0.0697. The van der Waals surface area contributed by atoms with Gasteiger partial charge in [-0.1, -0.05) is 38.0 Å². The summed E-state index contributed by atoms with van der Waals surface area (Å²) in [5.41, 5.74) is 0.517. The van der Waals surface area contributed by atoms with E-state index in [2.05, 4.69) is 30.7 Å². The standard InChI is InChI=1S/C14H24N2O3S/c1-5-10(6-2)8-16(7-3)14-15-11(9-19-4)12(20-14)13(17)18/h10H,5-9H2,1-4H3,(H,17,18). The minimum absolute atomic E-state index is 0.237. The van der Waals surface area contributed by atoms with E-state index in [9.17, 15) is 9.90 Å². The molecule has 114 valence electrons. The Morgan fingerprint density at radius 1 is 1.40 bits per heavy atom. The molecule has 0 bridgehead atoms. The van der Waals surface area contributed by atoms with Crippen LogP contribution in [0.3, 0.4) is 0 Å². The van der Waals surface area contributed by atoms with Crippen molar-refractivity contribution < 1.29 is 14.6 Å². The van der Waals surface area contributed by atoms with Crippen LogP contribution in [0.2, 0.25) is 0 Å². The molecule has 0 aliphatic heterocycles. The number of nitrogens with zero attached hydrogens (tertiary/aromatic N) is 2. The Hall–Kier alpha value is -1.14. The van der Waals surface area contributed by atoms with Gasteiger partial charge >= 0.3 is 5.97 Å². The highest BCUT2D eigenvalue weighted by Gasteiger charge is 2.21. The summed E-state index contributed by atoms with van der Waals surface area (Å²) >= 11 is 1.24. The number of anilines is 1. The van der Waals surface area contributed by atoms with E-state index in [-0.39, 0.29) is 11.5 Å². The van der Waals surface area contributed by atoms with Crippen molar-refractivity contribution in [1.82, 2.24) is 4.98 Å². The van der Waals surface area contributed by atoms with E-state index in [0.29, 0.717) is 11.6 Å². The number of aromatic carboxylic acids is 1. The molecule has 0 saturated carbocycles. The van der Waals surface area contributed by atoms with Crippen molar-refractivity contribution in [3.63, 3.8) is 0 Å². The molecule has 6 heteroatoms. The zero-order valence-corrected chi connectivity index (χ0v) is 13.5. The Bertz CT molecular complexity index is 430. The monoisotopic (exact) mass is 300 g/mol.